The zero-order valence-electron chi connectivity index (χ0n) is 4.31. The van der Waals surface area contributed by atoms with Gasteiger partial charge in [0.15, 0.2) is 5.85 Å². The van der Waals surface area contributed by atoms with Gasteiger partial charge in [-0.1, -0.05) is 0 Å². The van der Waals surface area contributed by atoms with E-state index >= 15 is 0 Å². The van der Waals surface area contributed by atoms with Crippen LogP contribution in [0.2, 0.25) is 0 Å². The van der Waals surface area contributed by atoms with E-state index in [9.17, 15) is 4.57 Å². The number of hydrogen-bond acceptors (Lipinski definition) is 2. The third kappa shape index (κ3) is 2.68. The molecular formula is C3H8NaO4P. The topological polar surface area (TPSA) is 70.1 Å². The van der Waals surface area contributed by atoms with Gasteiger partial charge in [-0.2, -0.15) is 0 Å². The summed E-state index contributed by atoms with van der Waals surface area (Å²) in [7, 11) is -3.90. The molecule has 0 saturated carbocycles. The molecule has 0 aromatic rings. The van der Waals surface area contributed by atoms with Gasteiger partial charge in [0, 0.05) is 0 Å². The van der Waals surface area contributed by atoms with Crippen molar-refractivity contribution < 1.29 is 19.1 Å². The van der Waals surface area contributed by atoms with Crippen molar-refractivity contribution in [3.8, 4) is 0 Å². The molecule has 0 aliphatic carbocycles. The van der Waals surface area contributed by atoms with Crippen molar-refractivity contribution >= 4 is 37.2 Å². The molecule has 0 bridgehead atoms. The summed E-state index contributed by atoms with van der Waals surface area (Å²) >= 11 is 0. The van der Waals surface area contributed by atoms with Gasteiger partial charge < -0.3 is 14.5 Å². The van der Waals surface area contributed by atoms with Crippen molar-refractivity contribution in [2.75, 3.05) is 0 Å². The molecule has 4 nitrogen and oxygen atoms in total. The third-order valence-corrected chi connectivity index (χ3v) is 2.22. The number of hydrogen-bond donors (Lipinski definition) is 2. The summed E-state index contributed by atoms with van der Waals surface area (Å²) in [5.74, 6) is -0.817. The van der Waals surface area contributed by atoms with Gasteiger partial charge in [0.05, 0.1) is 6.10 Å². The summed E-state index contributed by atoms with van der Waals surface area (Å²) in [4.78, 5) is 16.6. The second-order valence-corrected chi connectivity index (χ2v) is 3.51. The molecule has 1 rings (SSSR count). The summed E-state index contributed by atoms with van der Waals surface area (Å²) in [6.07, 6.45) is -0.254. The normalized spacial score (nSPS) is 33.2. The Balaban J connectivity index is 0.000000640. The van der Waals surface area contributed by atoms with Crippen molar-refractivity contribution in [2.24, 2.45) is 0 Å². The Bertz CT molecular complexity index is 143. The van der Waals surface area contributed by atoms with E-state index in [-0.39, 0.29) is 35.7 Å². The fourth-order valence-corrected chi connectivity index (χ4v) is 1.42. The predicted molar refractivity (Wildman–Crippen MR) is 33.5 cm³/mol. The molecular weight excluding hydrogens is 154 g/mol. The maximum atomic E-state index is 10.2. The van der Waals surface area contributed by atoms with E-state index in [1.54, 1.807) is 6.92 Å². The molecule has 50 valence electrons. The molecule has 9 heavy (non-hydrogen) atoms. The van der Waals surface area contributed by atoms with E-state index in [1.807, 2.05) is 0 Å². The predicted octanol–water partition coefficient (Wildman–Crippen LogP) is -0.740. The number of ether oxygens (including phenoxy) is 1. The molecule has 1 fully saturated rings. The van der Waals surface area contributed by atoms with Crippen molar-refractivity contribution in [1.29, 1.82) is 0 Å². The maximum absolute atomic E-state index is 10.2. The molecule has 2 atom stereocenters. The van der Waals surface area contributed by atoms with E-state index in [0.717, 1.165) is 0 Å². The SMILES string of the molecule is C[C@@H]1O[C@@H]1P(=O)(O)O.[NaH]. The average Bonchev–Trinajstić information content (AvgIpc) is 2.13. The van der Waals surface area contributed by atoms with Crippen LogP contribution in [0.4, 0.5) is 0 Å². The Morgan fingerprint density at radius 2 is 1.89 bits per heavy atom. The zero-order chi connectivity index (χ0) is 6.36. The van der Waals surface area contributed by atoms with Crippen LogP contribution in [0.25, 0.3) is 0 Å². The van der Waals surface area contributed by atoms with Gasteiger partial charge in [0.25, 0.3) is 0 Å². The fourth-order valence-electron chi connectivity index (χ4n) is 0.527. The van der Waals surface area contributed by atoms with Crippen LogP contribution >= 0.6 is 7.60 Å². The summed E-state index contributed by atoms with van der Waals surface area (Å²) < 4.78 is 14.7. The van der Waals surface area contributed by atoms with Crippen LogP contribution in [-0.4, -0.2) is 51.3 Å². The minimum atomic E-state index is -3.90. The third-order valence-electron chi connectivity index (χ3n) is 1.01. The molecule has 2 N–H and O–H groups in total. The number of rotatable bonds is 1. The first-order chi connectivity index (χ1) is 3.52. The fraction of sp³-hybridized carbons (Fsp3) is 1.00. The van der Waals surface area contributed by atoms with Gasteiger partial charge in [0.2, 0.25) is 0 Å². The van der Waals surface area contributed by atoms with Crippen molar-refractivity contribution in [1.82, 2.24) is 0 Å². The van der Waals surface area contributed by atoms with E-state index in [2.05, 4.69) is 4.74 Å². The second kappa shape index (κ2) is 3.01. The van der Waals surface area contributed by atoms with Crippen LogP contribution in [0.15, 0.2) is 0 Å². The Kier molecular flexibility index (Phi) is 3.38. The first kappa shape index (κ1) is 10.1. The van der Waals surface area contributed by atoms with E-state index in [0.29, 0.717) is 0 Å². The summed E-state index contributed by atoms with van der Waals surface area (Å²) in [6, 6.07) is 0. The Morgan fingerprint density at radius 1 is 1.56 bits per heavy atom. The molecule has 0 aromatic heterocycles. The van der Waals surface area contributed by atoms with Crippen LogP contribution in [-0.2, 0) is 9.30 Å². The molecule has 1 saturated heterocycles. The van der Waals surface area contributed by atoms with Crippen molar-refractivity contribution in [3.63, 3.8) is 0 Å². The van der Waals surface area contributed by atoms with Gasteiger partial charge in [-0.25, -0.2) is 0 Å². The van der Waals surface area contributed by atoms with Gasteiger partial charge in [-0.15, -0.1) is 0 Å². The average molecular weight is 162 g/mol. The first-order valence-corrected chi connectivity index (χ1v) is 3.90. The molecule has 1 aliphatic heterocycles. The Hall–Kier alpha value is 1.11. The van der Waals surface area contributed by atoms with Gasteiger partial charge >= 0.3 is 37.2 Å². The zero-order valence-corrected chi connectivity index (χ0v) is 5.21. The van der Waals surface area contributed by atoms with E-state index < -0.39 is 13.4 Å². The van der Waals surface area contributed by atoms with E-state index in [1.165, 1.54) is 0 Å². The molecule has 0 amide bonds. The Morgan fingerprint density at radius 3 is 1.89 bits per heavy atom. The van der Waals surface area contributed by atoms with Crippen LogP contribution in [0.1, 0.15) is 6.92 Å². The summed E-state index contributed by atoms with van der Waals surface area (Å²) in [5, 5.41) is 0. The molecule has 0 unspecified atom stereocenters. The molecule has 0 aromatic carbocycles. The quantitative estimate of drug-likeness (QED) is 0.302. The molecule has 0 spiro atoms. The van der Waals surface area contributed by atoms with Crippen LogP contribution < -0.4 is 0 Å². The Labute approximate surface area is 75.0 Å². The molecule has 1 aliphatic rings. The van der Waals surface area contributed by atoms with Crippen molar-refractivity contribution in [3.05, 3.63) is 0 Å². The number of epoxide rings is 1. The van der Waals surface area contributed by atoms with Gasteiger partial charge in [0.1, 0.15) is 0 Å². The second-order valence-electron chi connectivity index (χ2n) is 1.82. The monoisotopic (exact) mass is 162 g/mol. The minimum absolute atomic E-state index is 0. The van der Waals surface area contributed by atoms with Crippen molar-refractivity contribution in [2.45, 2.75) is 18.9 Å². The standard InChI is InChI=1S/C3H7O4P.Na.H/c1-2-3(7-2)8(4,5)6;;/h2-3H,1H3,(H2,4,5,6);;/t2-,3+;;/m0../s1. The van der Waals surface area contributed by atoms with Crippen LogP contribution in [0, 0.1) is 0 Å². The summed E-state index contributed by atoms with van der Waals surface area (Å²) in [5.41, 5.74) is 0. The van der Waals surface area contributed by atoms with Crippen LogP contribution in [0.3, 0.4) is 0 Å². The molecule has 1 heterocycles. The van der Waals surface area contributed by atoms with Crippen LogP contribution in [0.5, 0.6) is 0 Å². The van der Waals surface area contributed by atoms with Gasteiger partial charge in [-0.05, 0) is 6.92 Å². The molecule has 6 heteroatoms. The van der Waals surface area contributed by atoms with Gasteiger partial charge in [-0.3, -0.25) is 4.57 Å². The summed E-state index contributed by atoms with van der Waals surface area (Å²) in [6.45, 7) is 1.63. The first-order valence-electron chi connectivity index (χ1n) is 2.22. The van der Waals surface area contributed by atoms with E-state index in [4.69, 9.17) is 9.79 Å². The molecule has 0 radical (unpaired) electrons.